The molecule has 1 saturated carbocycles. The lowest BCUT2D eigenvalue weighted by atomic mass is 10.0. The van der Waals surface area contributed by atoms with Crippen LogP contribution in [0.5, 0.6) is 5.75 Å². The summed E-state index contributed by atoms with van der Waals surface area (Å²) in [6.07, 6.45) is 8.58. The van der Waals surface area contributed by atoms with Crippen molar-refractivity contribution in [3.63, 3.8) is 0 Å². The maximum Gasteiger partial charge on any atom is 0.232 e. The van der Waals surface area contributed by atoms with Gasteiger partial charge in [0.1, 0.15) is 5.75 Å². The van der Waals surface area contributed by atoms with Crippen molar-refractivity contribution in [2.24, 2.45) is 0 Å². The standard InChI is InChI=1S/C20H32N2O4S2/c1-26-18-12-10-17(11-13-18)22(28(2,24)25)15-6-9-20(23)21-14-16-27-19-7-4-3-5-8-19/h10-13,19H,3-9,14-16H2,1-2H3,(H,21,23). The van der Waals surface area contributed by atoms with Gasteiger partial charge in [-0.15, -0.1) is 0 Å². The Morgan fingerprint density at radius 2 is 1.89 bits per heavy atom. The molecule has 1 aromatic rings. The van der Waals surface area contributed by atoms with E-state index in [-0.39, 0.29) is 12.5 Å². The van der Waals surface area contributed by atoms with Gasteiger partial charge in [0.25, 0.3) is 0 Å². The van der Waals surface area contributed by atoms with Crippen LogP contribution in [0.1, 0.15) is 44.9 Å². The molecule has 28 heavy (non-hydrogen) atoms. The normalized spacial score (nSPS) is 15.2. The van der Waals surface area contributed by atoms with E-state index < -0.39 is 10.0 Å². The number of carbonyl (C=O) groups excluding carboxylic acids is 1. The highest BCUT2D eigenvalue weighted by atomic mass is 32.2. The van der Waals surface area contributed by atoms with Crippen LogP contribution in [0.15, 0.2) is 24.3 Å². The van der Waals surface area contributed by atoms with Crippen LogP contribution in [0.25, 0.3) is 0 Å². The molecule has 0 atom stereocenters. The first kappa shape index (κ1) is 22.9. The Labute approximate surface area is 173 Å². The number of methoxy groups -OCH3 is 1. The Balaban J connectivity index is 1.71. The van der Waals surface area contributed by atoms with E-state index in [9.17, 15) is 13.2 Å². The van der Waals surface area contributed by atoms with Crippen molar-refractivity contribution in [1.82, 2.24) is 5.32 Å². The second-order valence-corrected chi connectivity index (χ2v) is 10.4. The first-order chi connectivity index (χ1) is 13.4. The van der Waals surface area contributed by atoms with Gasteiger partial charge in [0.15, 0.2) is 0 Å². The highest BCUT2D eigenvalue weighted by Gasteiger charge is 2.18. The molecule has 1 aliphatic carbocycles. The number of nitrogens with one attached hydrogen (secondary N) is 1. The molecule has 0 aromatic heterocycles. The highest BCUT2D eigenvalue weighted by molar-refractivity contribution is 7.99. The number of benzene rings is 1. The average molecular weight is 429 g/mol. The predicted octanol–water partition coefficient (Wildman–Crippen LogP) is 3.42. The molecule has 0 aliphatic heterocycles. The molecule has 1 N–H and O–H groups in total. The zero-order valence-electron chi connectivity index (χ0n) is 16.9. The summed E-state index contributed by atoms with van der Waals surface area (Å²) < 4.78 is 30.7. The summed E-state index contributed by atoms with van der Waals surface area (Å²) in [5.41, 5.74) is 0.576. The second-order valence-electron chi connectivity index (χ2n) is 7.12. The molecular weight excluding hydrogens is 396 g/mol. The number of ether oxygens (including phenoxy) is 1. The first-order valence-electron chi connectivity index (χ1n) is 9.90. The van der Waals surface area contributed by atoms with Crippen LogP contribution >= 0.6 is 11.8 Å². The number of hydrogen-bond donors (Lipinski definition) is 1. The third-order valence-electron chi connectivity index (χ3n) is 4.86. The van der Waals surface area contributed by atoms with Crippen molar-refractivity contribution in [2.75, 3.05) is 36.5 Å². The maximum absolute atomic E-state index is 12.1. The minimum atomic E-state index is -3.41. The van der Waals surface area contributed by atoms with Crippen molar-refractivity contribution < 1.29 is 17.9 Å². The van der Waals surface area contributed by atoms with Gasteiger partial charge in [-0.25, -0.2) is 8.42 Å². The Morgan fingerprint density at radius 1 is 1.21 bits per heavy atom. The van der Waals surface area contributed by atoms with E-state index in [1.807, 2.05) is 11.8 Å². The van der Waals surface area contributed by atoms with Gasteiger partial charge >= 0.3 is 0 Å². The summed E-state index contributed by atoms with van der Waals surface area (Å²) in [6, 6.07) is 6.87. The van der Waals surface area contributed by atoms with Crippen LogP contribution < -0.4 is 14.4 Å². The van der Waals surface area contributed by atoms with Crippen molar-refractivity contribution in [3.8, 4) is 5.75 Å². The molecule has 0 bridgehead atoms. The molecule has 8 heteroatoms. The lowest BCUT2D eigenvalue weighted by Gasteiger charge is -2.22. The zero-order valence-corrected chi connectivity index (χ0v) is 18.5. The van der Waals surface area contributed by atoms with Gasteiger partial charge in [-0.2, -0.15) is 11.8 Å². The van der Waals surface area contributed by atoms with E-state index in [1.54, 1.807) is 31.4 Å². The number of anilines is 1. The summed E-state index contributed by atoms with van der Waals surface area (Å²) in [5, 5.41) is 3.69. The molecule has 0 spiro atoms. The lowest BCUT2D eigenvalue weighted by molar-refractivity contribution is -0.121. The molecule has 1 aliphatic rings. The minimum Gasteiger partial charge on any atom is -0.497 e. The number of carbonyl (C=O) groups is 1. The van der Waals surface area contributed by atoms with Crippen LogP contribution in [-0.2, 0) is 14.8 Å². The van der Waals surface area contributed by atoms with Gasteiger partial charge in [0.2, 0.25) is 15.9 Å². The SMILES string of the molecule is COc1ccc(N(CCCC(=O)NCCSC2CCCCC2)S(C)(=O)=O)cc1. The summed E-state index contributed by atoms with van der Waals surface area (Å²) in [6.45, 7) is 0.948. The Morgan fingerprint density at radius 3 is 2.50 bits per heavy atom. The summed E-state index contributed by atoms with van der Waals surface area (Å²) in [5.74, 6) is 1.59. The van der Waals surface area contributed by atoms with Gasteiger partial charge in [0.05, 0.1) is 19.1 Å². The van der Waals surface area contributed by atoms with E-state index in [1.165, 1.54) is 42.7 Å². The second kappa shape index (κ2) is 11.6. The molecule has 0 heterocycles. The van der Waals surface area contributed by atoms with Crippen LogP contribution in [0.4, 0.5) is 5.69 Å². The van der Waals surface area contributed by atoms with Crippen molar-refractivity contribution in [3.05, 3.63) is 24.3 Å². The number of sulfonamides is 1. The zero-order chi connectivity index (χ0) is 20.4. The molecule has 1 amide bonds. The number of nitrogens with zero attached hydrogens (tertiary/aromatic N) is 1. The Hall–Kier alpha value is -1.41. The van der Waals surface area contributed by atoms with E-state index in [0.29, 0.717) is 30.8 Å². The van der Waals surface area contributed by atoms with Gasteiger partial charge in [-0.1, -0.05) is 19.3 Å². The summed E-state index contributed by atoms with van der Waals surface area (Å²) in [7, 11) is -1.85. The van der Waals surface area contributed by atoms with Crippen LogP contribution in [-0.4, -0.2) is 51.8 Å². The Bertz CT molecular complexity index is 701. The maximum atomic E-state index is 12.1. The first-order valence-corrected chi connectivity index (χ1v) is 12.8. The predicted molar refractivity (Wildman–Crippen MR) is 117 cm³/mol. The molecule has 6 nitrogen and oxygen atoms in total. The third-order valence-corrected chi connectivity index (χ3v) is 7.43. The van der Waals surface area contributed by atoms with Crippen LogP contribution in [0.2, 0.25) is 0 Å². The fraction of sp³-hybridized carbons (Fsp3) is 0.650. The van der Waals surface area contributed by atoms with Crippen LogP contribution in [0, 0.1) is 0 Å². The average Bonchev–Trinajstić information content (AvgIpc) is 2.68. The molecular formula is C20H32N2O4S2. The minimum absolute atomic E-state index is 0.0209. The van der Waals surface area contributed by atoms with Gasteiger partial charge in [-0.05, 0) is 43.5 Å². The molecule has 0 radical (unpaired) electrons. The monoisotopic (exact) mass is 428 g/mol. The summed E-state index contributed by atoms with van der Waals surface area (Å²) >= 11 is 1.96. The largest absolute Gasteiger partial charge is 0.497 e. The number of hydrogen-bond acceptors (Lipinski definition) is 5. The van der Waals surface area contributed by atoms with Crippen molar-refractivity contribution >= 4 is 33.4 Å². The van der Waals surface area contributed by atoms with E-state index in [0.717, 1.165) is 11.0 Å². The van der Waals surface area contributed by atoms with Crippen molar-refractivity contribution in [1.29, 1.82) is 0 Å². The molecule has 1 aromatic carbocycles. The van der Waals surface area contributed by atoms with E-state index in [2.05, 4.69) is 5.32 Å². The summed E-state index contributed by atoms with van der Waals surface area (Å²) in [4.78, 5) is 12.0. The molecule has 0 unspecified atom stereocenters. The van der Waals surface area contributed by atoms with E-state index in [4.69, 9.17) is 4.74 Å². The number of thioether (sulfide) groups is 1. The Kier molecular flexibility index (Phi) is 9.44. The molecule has 0 saturated heterocycles. The van der Waals surface area contributed by atoms with Crippen LogP contribution in [0.3, 0.4) is 0 Å². The highest BCUT2D eigenvalue weighted by Crippen LogP contribution is 2.27. The van der Waals surface area contributed by atoms with Gasteiger partial charge < -0.3 is 10.1 Å². The van der Waals surface area contributed by atoms with Crippen molar-refractivity contribution in [2.45, 2.75) is 50.2 Å². The van der Waals surface area contributed by atoms with E-state index >= 15 is 0 Å². The fourth-order valence-electron chi connectivity index (χ4n) is 3.35. The van der Waals surface area contributed by atoms with Gasteiger partial charge in [0, 0.05) is 30.5 Å². The quantitative estimate of drug-likeness (QED) is 0.547. The smallest absolute Gasteiger partial charge is 0.232 e. The fourth-order valence-corrected chi connectivity index (χ4v) is 5.54. The molecule has 1 fully saturated rings. The molecule has 158 valence electrons. The molecule has 2 rings (SSSR count). The third kappa shape index (κ3) is 7.91. The number of amides is 1. The van der Waals surface area contributed by atoms with Gasteiger partial charge in [-0.3, -0.25) is 9.10 Å². The number of rotatable bonds is 11. The lowest BCUT2D eigenvalue weighted by Crippen LogP contribution is -2.32. The topological polar surface area (TPSA) is 75.7 Å².